The Labute approximate surface area is 129 Å². The van der Waals surface area contributed by atoms with E-state index in [1.165, 1.54) is 32.1 Å². The first kappa shape index (κ1) is 17.2. The molecule has 0 amide bonds. The molecule has 0 aromatic carbocycles. The summed E-state index contributed by atoms with van der Waals surface area (Å²) in [6, 6.07) is 0. The average Bonchev–Trinajstić information content (AvgIpc) is 2.39. The van der Waals surface area contributed by atoms with Gasteiger partial charge in [-0.3, -0.25) is 4.55 Å². The number of unbranched alkanes of at least 4 members (excludes halogenated alkanes) is 2. The number of hydrogen-bond donors (Lipinski definition) is 1. The summed E-state index contributed by atoms with van der Waals surface area (Å²) in [6.07, 6.45) is 9.85. The zero-order chi connectivity index (χ0) is 15.5. The summed E-state index contributed by atoms with van der Waals surface area (Å²) in [4.78, 5) is 0. The van der Waals surface area contributed by atoms with Gasteiger partial charge in [-0.25, -0.2) is 0 Å². The van der Waals surface area contributed by atoms with Crippen LogP contribution in [0.3, 0.4) is 0 Å². The summed E-state index contributed by atoms with van der Waals surface area (Å²) in [5.41, 5.74) is -0.595. The van der Waals surface area contributed by atoms with Gasteiger partial charge in [-0.2, -0.15) is 8.42 Å². The molecule has 1 spiro atoms. The van der Waals surface area contributed by atoms with Crippen LogP contribution < -0.4 is 0 Å². The van der Waals surface area contributed by atoms with Gasteiger partial charge in [-0.15, -0.1) is 0 Å². The highest BCUT2D eigenvalue weighted by Crippen LogP contribution is 2.50. The monoisotopic (exact) mass is 318 g/mol. The highest BCUT2D eigenvalue weighted by molar-refractivity contribution is 7.86. The van der Waals surface area contributed by atoms with E-state index < -0.39 is 21.0 Å². The Hall–Kier alpha value is -0.130. The molecule has 1 aliphatic carbocycles. The van der Waals surface area contributed by atoms with Crippen LogP contribution in [0.5, 0.6) is 0 Å². The van der Waals surface area contributed by atoms with Gasteiger partial charge in [0, 0.05) is 0 Å². The fourth-order valence-electron chi connectivity index (χ4n) is 4.25. The Kier molecular flexibility index (Phi) is 5.71. The molecule has 21 heavy (non-hydrogen) atoms. The van der Waals surface area contributed by atoms with Crippen LogP contribution in [0.4, 0.5) is 0 Å². The van der Waals surface area contributed by atoms with Gasteiger partial charge >= 0.3 is 0 Å². The molecule has 1 heterocycles. The van der Waals surface area contributed by atoms with Crippen molar-refractivity contribution in [3.8, 4) is 0 Å². The van der Waals surface area contributed by atoms with E-state index in [4.69, 9.17) is 4.74 Å². The molecular formula is C16H30O4S. The zero-order valence-electron chi connectivity index (χ0n) is 13.4. The summed E-state index contributed by atoms with van der Waals surface area (Å²) in [6.45, 7) is 4.54. The molecule has 2 rings (SSSR count). The molecule has 1 saturated carbocycles. The minimum absolute atomic E-state index is 0.166. The molecule has 3 unspecified atom stereocenters. The molecule has 2 aliphatic rings. The van der Waals surface area contributed by atoms with Gasteiger partial charge in [0.2, 0.25) is 0 Å². The molecule has 0 aromatic rings. The lowest BCUT2D eigenvalue weighted by atomic mass is 9.66. The van der Waals surface area contributed by atoms with Crippen molar-refractivity contribution in [2.24, 2.45) is 11.8 Å². The van der Waals surface area contributed by atoms with Gasteiger partial charge in [0.05, 0.1) is 12.2 Å². The maximum atomic E-state index is 11.6. The lowest BCUT2D eigenvalue weighted by Gasteiger charge is -2.53. The van der Waals surface area contributed by atoms with Gasteiger partial charge in [0.25, 0.3) is 10.1 Å². The summed E-state index contributed by atoms with van der Waals surface area (Å²) in [7, 11) is -3.99. The third-order valence-corrected chi connectivity index (χ3v) is 6.62. The fraction of sp³-hybridized carbons (Fsp3) is 1.00. The van der Waals surface area contributed by atoms with Crippen LogP contribution >= 0.6 is 0 Å². The van der Waals surface area contributed by atoms with Crippen molar-refractivity contribution < 1.29 is 17.7 Å². The zero-order valence-corrected chi connectivity index (χ0v) is 14.2. The number of hydrogen-bond acceptors (Lipinski definition) is 3. The molecular weight excluding hydrogens is 288 g/mol. The van der Waals surface area contributed by atoms with Crippen molar-refractivity contribution in [1.29, 1.82) is 0 Å². The molecule has 0 aromatic heterocycles. The predicted molar refractivity (Wildman–Crippen MR) is 83.9 cm³/mol. The van der Waals surface area contributed by atoms with Crippen LogP contribution in [-0.4, -0.2) is 30.4 Å². The maximum Gasteiger partial charge on any atom is 0.272 e. The van der Waals surface area contributed by atoms with Crippen LogP contribution in [-0.2, 0) is 14.9 Å². The van der Waals surface area contributed by atoms with Gasteiger partial charge in [0.15, 0.2) is 0 Å². The van der Waals surface area contributed by atoms with E-state index in [0.29, 0.717) is 11.8 Å². The topological polar surface area (TPSA) is 63.6 Å². The molecule has 1 aliphatic heterocycles. The van der Waals surface area contributed by atoms with Crippen molar-refractivity contribution in [2.45, 2.75) is 82.5 Å². The first-order valence-electron chi connectivity index (χ1n) is 8.51. The summed E-state index contributed by atoms with van der Waals surface area (Å²) in [5.74, 6) is 1.09. The molecule has 2 fully saturated rings. The van der Waals surface area contributed by atoms with Crippen molar-refractivity contribution in [1.82, 2.24) is 0 Å². The third-order valence-electron chi connectivity index (χ3n) is 5.34. The Balaban J connectivity index is 2.08. The Morgan fingerprint density at radius 3 is 1.95 bits per heavy atom. The smallest absolute Gasteiger partial charge is 0.272 e. The Bertz CT molecular complexity index is 416. The van der Waals surface area contributed by atoms with E-state index >= 15 is 0 Å². The van der Waals surface area contributed by atoms with E-state index in [1.54, 1.807) is 0 Å². The second kappa shape index (κ2) is 6.97. The Morgan fingerprint density at radius 2 is 1.62 bits per heavy atom. The first-order chi connectivity index (χ1) is 9.91. The second-order valence-corrected chi connectivity index (χ2v) is 8.64. The Morgan fingerprint density at radius 1 is 1.10 bits per heavy atom. The quantitative estimate of drug-likeness (QED) is 0.725. The second-order valence-electron chi connectivity index (χ2n) is 7.04. The van der Waals surface area contributed by atoms with Crippen molar-refractivity contribution in [3.63, 3.8) is 0 Å². The summed E-state index contributed by atoms with van der Waals surface area (Å²) >= 11 is 0. The molecule has 4 nitrogen and oxygen atoms in total. The fourth-order valence-corrected chi connectivity index (χ4v) is 5.29. The molecule has 1 saturated heterocycles. The van der Waals surface area contributed by atoms with Crippen molar-refractivity contribution >= 4 is 10.1 Å². The third kappa shape index (κ3) is 3.99. The van der Waals surface area contributed by atoms with Gasteiger partial charge in [-0.1, -0.05) is 52.4 Å². The summed E-state index contributed by atoms with van der Waals surface area (Å²) in [5, 5.41) is -0.696. The van der Waals surface area contributed by atoms with E-state index in [1.807, 2.05) is 0 Å². The molecule has 3 atom stereocenters. The first-order valence-corrected chi connectivity index (χ1v) is 10.0. The molecule has 1 N–H and O–H groups in total. The van der Waals surface area contributed by atoms with Gasteiger partial charge < -0.3 is 4.74 Å². The normalized spacial score (nSPS) is 36.6. The summed E-state index contributed by atoms with van der Waals surface area (Å²) < 4.78 is 38.5. The molecule has 5 heteroatoms. The van der Waals surface area contributed by atoms with E-state index in [0.717, 1.165) is 25.7 Å². The van der Waals surface area contributed by atoms with Crippen LogP contribution in [0.1, 0.15) is 71.6 Å². The van der Waals surface area contributed by atoms with E-state index in [2.05, 4.69) is 13.8 Å². The minimum Gasteiger partial charge on any atom is -0.372 e. The van der Waals surface area contributed by atoms with Gasteiger partial charge in [0.1, 0.15) is 5.25 Å². The number of ether oxygens (including phenoxy) is 1. The van der Waals surface area contributed by atoms with Crippen LogP contribution in [0.2, 0.25) is 0 Å². The van der Waals surface area contributed by atoms with Crippen LogP contribution in [0, 0.1) is 11.8 Å². The highest BCUT2D eigenvalue weighted by Gasteiger charge is 2.58. The predicted octanol–water partition coefficient (Wildman–Crippen LogP) is 3.81. The van der Waals surface area contributed by atoms with Crippen molar-refractivity contribution in [2.75, 3.05) is 6.61 Å². The molecule has 0 radical (unpaired) electrons. The standard InChI is InChI=1S/C16H30O4S/c1-3-5-7-13-9-14(8-6-4-2)11-16(10-13)15(12-20-16)21(17,18)19/h13-15H,3-12H2,1-2H3,(H,17,18,19). The van der Waals surface area contributed by atoms with Gasteiger partial charge in [-0.05, 0) is 31.1 Å². The molecule has 0 bridgehead atoms. The van der Waals surface area contributed by atoms with Crippen molar-refractivity contribution in [3.05, 3.63) is 0 Å². The maximum absolute atomic E-state index is 11.6. The molecule has 124 valence electrons. The van der Waals surface area contributed by atoms with Crippen LogP contribution in [0.15, 0.2) is 0 Å². The lowest BCUT2D eigenvalue weighted by molar-refractivity contribution is -0.181. The SMILES string of the molecule is CCCCC1CC(CCCC)CC2(C1)OCC2S(=O)(=O)O. The minimum atomic E-state index is -3.99. The average molecular weight is 318 g/mol. The largest absolute Gasteiger partial charge is 0.372 e. The van der Waals surface area contributed by atoms with E-state index in [-0.39, 0.29) is 6.61 Å². The van der Waals surface area contributed by atoms with E-state index in [9.17, 15) is 13.0 Å². The highest BCUT2D eigenvalue weighted by atomic mass is 32.2. The number of rotatable bonds is 7. The lowest BCUT2D eigenvalue weighted by Crippen LogP contribution is -2.64. The van der Waals surface area contributed by atoms with Crippen LogP contribution in [0.25, 0.3) is 0 Å².